The van der Waals surface area contributed by atoms with Crippen molar-refractivity contribution in [2.24, 2.45) is 0 Å². The smallest absolute Gasteiger partial charge is 1.00 e. The van der Waals surface area contributed by atoms with Crippen molar-refractivity contribution in [1.29, 1.82) is 0 Å². The van der Waals surface area contributed by atoms with Crippen molar-refractivity contribution in [3.05, 3.63) is 0 Å². The van der Waals surface area contributed by atoms with Crippen LogP contribution in [0.3, 0.4) is 0 Å². The molecule has 0 fully saturated rings. The summed E-state index contributed by atoms with van der Waals surface area (Å²) >= 11 is 0.867. The van der Waals surface area contributed by atoms with Gasteiger partial charge >= 0.3 is 65.1 Å². The van der Waals surface area contributed by atoms with E-state index in [0.29, 0.717) is 6.42 Å². The first-order valence-corrected chi connectivity index (χ1v) is 4.34. The van der Waals surface area contributed by atoms with Gasteiger partial charge in [-0.1, -0.05) is 0 Å². The first-order valence-electron chi connectivity index (χ1n) is 2.74. The van der Waals surface area contributed by atoms with Crippen LogP contribution in [0.5, 0.6) is 0 Å². The fourth-order valence-corrected chi connectivity index (χ4v) is 0.935. The molecule has 0 aromatic heterocycles. The van der Waals surface area contributed by atoms with E-state index >= 15 is 0 Å². The van der Waals surface area contributed by atoms with Gasteiger partial charge in [0.25, 0.3) is 0 Å². The quantitative estimate of drug-likeness (QED) is 0.466. The van der Waals surface area contributed by atoms with E-state index in [1.54, 1.807) is 0 Å². The molecule has 0 unspecified atom stereocenters. The molecule has 1 amide bonds. The van der Waals surface area contributed by atoms with Gasteiger partial charge in [0.2, 0.25) is 0 Å². The molecule has 0 N–H and O–H groups in total. The molecule has 2 nitrogen and oxygen atoms in total. The average molecular weight is 317 g/mol. The van der Waals surface area contributed by atoms with Gasteiger partial charge in [0.1, 0.15) is 0 Å². The second-order valence-electron chi connectivity index (χ2n) is 1.49. The van der Waals surface area contributed by atoms with Crippen LogP contribution in [-0.4, -0.2) is 15.3 Å². The summed E-state index contributed by atoms with van der Waals surface area (Å²) in [6, 6.07) is 0. The third-order valence-corrected chi connectivity index (χ3v) is 2.95. The predicted molar refractivity (Wildman–Crippen MR) is 27.7 cm³/mol. The van der Waals surface area contributed by atoms with E-state index in [1.165, 1.54) is 0 Å². The van der Waals surface area contributed by atoms with Crippen molar-refractivity contribution in [2.75, 3.05) is 6.54 Å². The summed E-state index contributed by atoms with van der Waals surface area (Å²) in [5.41, 5.74) is 0. The number of hydrogen-bond acceptors (Lipinski definition) is 1. The molecule has 0 saturated carbocycles. The molecule has 0 saturated heterocycles. The molecule has 0 rings (SSSR count). The van der Waals surface area contributed by atoms with Gasteiger partial charge in [-0.3, -0.25) is 0 Å². The fraction of sp³-hybridized carbons (Fsp3) is 0.800. The van der Waals surface area contributed by atoms with E-state index in [9.17, 15) is 4.79 Å². The standard InChI is InChI=1S/C5H11NO.2FH.Hf/c1-3-5(7)6-4-2;;;/h3-4H2,1-2H3,(H,6,7);2*1H;/q;;;+3/p-3. The van der Waals surface area contributed by atoms with Crippen molar-refractivity contribution in [3.63, 3.8) is 0 Å². The van der Waals surface area contributed by atoms with E-state index in [2.05, 4.69) is 0 Å². The minimum atomic E-state index is 0. The maximum absolute atomic E-state index is 10.7. The van der Waals surface area contributed by atoms with E-state index in [0.717, 1.165) is 31.2 Å². The van der Waals surface area contributed by atoms with E-state index in [1.807, 2.05) is 16.7 Å². The zero-order chi connectivity index (χ0) is 6.57. The Morgan fingerprint density at radius 1 is 1.40 bits per heavy atom. The molecule has 0 aromatic rings. The van der Waals surface area contributed by atoms with Crippen LogP contribution < -0.4 is 9.41 Å². The molecule has 5 heteroatoms. The number of nitrogens with zero attached hydrogens (tertiary/aromatic N) is 1. The summed E-state index contributed by atoms with van der Waals surface area (Å²) in [6.45, 7) is 4.77. The number of carbonyl (C=O) groups is 1. The van der Waals surface area contributed by atoms with Gasteiger partial charge in [-0.15, -0.1) is 0 Å². The first kappa shape index (κ1) is 16.7. The van der Waals surface area contributed by atoms with E-state index < -0.39 is 0 Å². The van der Waals surface area contributed by atoms with E-state index in [-0.39, 0.29) is 15.3 Å². The van der Waals surface area contributed by atoms with Crippen molar-refractivity contribution in [1.82, 2.24) is 2.89 Å². The molecule has 0 aliphatic carbocycles. The number of hydrogen-bond donors (Lipinski definition) is 0. The van der Waals surface area contributed by atoms with Crippen LogP contribution in [0, 0.1) is 0 Å². The Bertz CT molecular complexity index is 91.7. The summed E-state index contributed by atoms with van der Waals surface area (Å²) in [5, 5.41) is 0. The molecular weight excluding hydrogens is 307 g/mol. The van der Waals surface area contributed by atoms with Gasteiger partial charge in [0.15, 0.2) is 0 Å². The van der Waals surface area contributed by atoms with Gasteiger partial charge in [0.05, 0.1) is 0 Å². The Hall–Kier alpha value is 0.200. The van der Waals surface area contributed by atoms with Crippen LogP contribution in [0.2, 0.25) is 0 Å². The Labute approximate surface area is 74.7 Å². The molecule has 0 atom stereocenters. The van der Waals surface area contributed by atoms with Crippen LogP contribution in [0.15, 0.2) is 0 Å². The molecule has 0 aliphatic rings. The van der Waals surface area contributed by atoms with Crippen LogP contribution in [0.25, 0.3) is 0 Å². The SMILES string of the molecule is CCC(=O)[N]([Hf+2])CC.[F-].[F-]. The Morgan fingerprint density at radius 3 is 1.90 bits per heavy atom. The minimum Gasteiger partial charge on any atom is -1.00 e. The first-order chi connectivity index (χ1) is 3.72. The van der Waals surface area contributed by atoms with Crippen LogP contribution in [0.4, 0.5) is 0 Å². The molecule has 0 heterocycles. The Morgan fingerprint density at radius 2 is 1.80 bits per heavy atom. The van der Waals surface area contributed by atoms with Crippen LogP contribution in [-0.2, 0) is 29.5 Å². The van der Waals surface area contributed by atoms with Crippen molar-refractivity contribution in [2.45, 2.75) is 20.3 Å². The van der Waals surface area contributed by atoms with Crippen LogP contribution in [0.1, 0.15) is 20.3 Å². The largest absolute Gasteiger partial charge is 1.00 e. The average Bonchev–Trinajstić information content (AvgIpc) is 1.84. The van der Waals surface area contributed by atoms with Gasteiger partial charge in [-0.25, -0.2) is 0 Å². The molecule has 0 bridgehead atoms. The predicted octanol–water partition coefficient (Wildman–Crippen LogP) is -5.29. The fourth-order valence-electron chi connectivity index (χ4n) is 0.367. The second kappa shape index (κ2) is 9.20. The molecular formula is C5H10F2HfNO. The van der Waals surface area contributed by atoms with Gasteiger partial charge in [0, 0.05) is 0 Å². The zero-order valence-electron chi connectivity index (χ0n) is 6.03. The second-order valence-corrected chi connectivity index (χ2v) is 3.43. The molecule has 0 radical (unpaired) electrons. The summed E-state index contributed by atoms with van der Waals surface area (Å²) < 4.78 is 1.85. The maximum atomic E-state index is 10.7. The Kier molecular flexibility index (Phi) is 15.3. The van der Waals surface area contributed by atoms with Crippen molar-refractivity contribution in [3.8, 4) is 0 Å². The molecule has 59 valence electrons. The number of halogens is 2. The number of amides is 1. The maximum Gasteiger partial charge on any atom is -1.00 e. The van der Waals surface area contributed by atoms with E-state index in [4.69, 9.17) is 0 Å². The molecule has 0 spiro atoms. The third kappa shape index (κ3) is 6.32. The summed E-state index contributed by atoms with van der Waals surface area (Å²) in [6.07, 6.45) is 0.650. The topological polar surface area (TPSA) is 20.3 Å². The Balaban J connectivity index is -0.000000245. The number of rotatable bonds is 2. The zero-order valence-corrected chi connectivity index (χ0v) is 9.62. The van der Waals surface area contributed by atoms with Crippen molar-refractivity contribution < 1.29 is 38.9 Å². The van der Waals surface area contributed by atoms with Gasteiger partial charge in [-0.05, 0) is 0 Å². The normalized spacial score (nSPS) is 7.20. The monoisotopic (exact) mass is 318 g/mol. The summed E-state index contributed by atoms with van der Waals surface area (Å²) in [5.74, 6) is 0.277. The number of carbonyl (C=O) groups excluding carboxylic acids is 1. The van der Waals surface area contributed by atoms with Gasteiger partial charge < -0.3 is 9.41 Å². The van der Waals surface area contributed by atoms with Crippen LogP contribution >= 0.6 is 0 Å². The molecule has 0 aliphatic heterocycles. The third-order valence-electron chi connectivity index (χ3n) is 0.920. The van der Waals surface area contributed by atoms with Crippen molar-refractivity contribution >= 4 is 5.91 Å². The minimum absolute atomic E-state index is 0. The summed E-state index contributed by atoms with van der Waals surface area (Å²) in [4.78, 5) is 10.7. The molecule has 0 aromatic carbocycles. The molecule has 10 heavy (non-hydrogen) atoms. The summed E-state index contributed by atoms with van der Waals surface area (Å²) in [7, 11) is 0. The van der Waals surface area contributed by atoms with Gasteiger partial charge in [-0.2, -0.15) is 0 Å².